The largest absolute Gasteiger partial charge is 0.484 e. The maximum Gasteiger partial charge on any atom is 0.183 e. The summed E-state index contributed by atoms with van der Waals surface area (Å²) in [6, 6.07) is 0. The number of rotatable bonds is 0. The maximum absolute atomic E-state index is 5.72. The Morgan fingerprint density at radius 3 is 3.09 bits per heavy atom. The van der Waals surface area contributed by atoms with Crippen LogP contribution in [0.5, 0.6) is 11.5 Å². The van der Waals surface area contributed by atoms with E-state index in [1.807, 2.05) is 0 Å². The van der Waals surface area contributed by atoms with Crippen LogP contribution in [0.15, 0.2) is 6.20 Å². The Bertz CT molecular complexity index is 277. The van der Waals surface area contributed by atoms with Crippen molar-refractivity contribution in [1.29, 1.82) is 0 Å². The molecule has 0 aliphatic carbocycles. The van der Waals surface area contributed by atoms with Crippen molar-refractivity contribution >= 4 is 11.6 Å². The molecule has 1 radical (unpaired) electrons. The molecule has 1 aromatic heterocycles. The smallest absolute Gasteiger partial charge is 0.183 e. The van der Waals surface area contributed by atoms with E-state index in [1.165, 1.54) is 0 Å². The van der Waals surface area contributed by atoms with E-state index in [0.717, 1.165) is 0 Å². The number of aromatic nitrogens is 1. The van der Waals surface area contributed by atoms with Gasteiger partial charge in [-0.05, 0) is 0 Å². The van der Waals surface area contributed by atoms with Crippen LogP contribution < -0.4 is 9.47 Å². The minimum absolute atomic E-state index is 0.377. The summed E-state index contributed by atoms with van der Waals surface area (Å²) in [4.78, 5) is 3.74. The van der Waals surface area contributed by atoms with Gasteiger partial charge in [0, 0.05) is 0 Å². The summed E-state index contributed by atoms with van der Waals surface area (Å²) >= 11 is 5.72. The Balaban J connectivity index is 2.49. The molecule has 0 aromatic carbocycles. The Kier molecular flexibility index (Phi) is 1.58. The molecule has 0 saturated carbocycles. The molecule has 1 aliphatic heterocycles. The number of hydrogen-bond donors (Lipinski definition) is 0. The molecule has 11 heavy (non-hydrogen) atoms. The van der Waals surface area contributed by atoms with Gasteiger partial charge in [-0.2, -0.15) is 0 Å². The van der Waals surface area contributed by atoms with Gasteiger partial charge in [0.1, 0.15) is 24.4 Å². The van der Waals surface area contributed by atoms with Crippen molar-refractivity contribution in [3.05, 3.63) is 17.4 Å². The van der Waals surface area contributed by atoms with Crippen LogP contribution in [0.3, 0.4) is 0 Å². The van der Waals surface area contributed by atoms with E-state index in [0.29, 0.717) is 29.7 Å². The average Bonchev–Trinajstić information content (AvgIpc) is 2.06. The quantitative estimate of drug-likeness (QED) is 0.588. The lowest BCUT2D eigenvalue weighted by Crippen LogP contribution is -2.15. The van der Waals surface area contributed by atoms with E-state index < -0.39 is 0 Å². The van der Waals surface area contributed by atoms with E-state index in [1.54, 1.807) is 6.20 Å². The third-order valence-corrected chi connectivity index (χ3v) is 1.61. The Hall–Kier alpha value is -0.960. The standard InChI is InChI=1S/C7H5ClNO2/c8-5-3-9-4-6-7(5)11-2-1-10-6/h4H,1-2H2. The number of nitrogens with zero attached hydrogens (tertiary/aromatic N) is 1. The Morgan fingerprint density at radius 2 is 2.27 bits per heavy atom. The highest BCUT2D eigenvalue weighted by Crippen LogP contribution is 2.34. The zero-order valence-corrected chi connectivity index (χ0v) is 6.39. The predicted molar refractivity (Wildman–Crippen MR) is 39.1 cm³/mol. The average molecular weight is 171 g/mol. The molecule has 0 saturated heterocycles. The molecule has 1 aromatic rings. The monoisotopic (exact) mass is 170 g/mol. The molecule has 1 aliphatic rings. The van der Waals surface area contributed by atoms with Gasteiger partial charge in [-0.25, -0.2) is 4.98 Å². The van der Waals surface area contributed by atoms with Crippen LogP contribution in [0, 0.1) is 6.20 Å². The number of hydrogen-bond acceptors (Lipinski definition) is 3. The van der Waals surface area contributed by atoms with Crippen LogP contribution in [0.25, 0.3) is 0 Å². The normalized spacial score (nSPS) is 14.6. The van der Waals surface area contributed by atoms with Gasteiger partial charge in [0.25, 0.3) is 0 Å². The van der Waals surface area contributed by atoms with Crippen molar-refractivity contribution in [2.75, 3.05) is 13.2 Å². The topological polar surface area (TPSA) is 31.4 Å². The van der Waals surface area contributed by atoms with Gasteiger partial charge in [-0.3, -0.25) is 0 Å². The molecular formula is C7H5ClNO2. The Morgan fingerprint density at radius 1 is 1.45 bits per heavy atom. The predicted octanol–water partition coefficient (Wildman–Crippen LogP) is 1.31. The summed E-state index contributed by atoms with van der Waals surface area (Å²) in [5.41, 5.74) is 0. The highest BCUT2D eigenvalue weighted by atomic mass is 35.5. The van der Waals surface area contributed by atoms with Crippen molar-refractivity contribution in [2.24, 2.45) is 0 Å². The minimum Gasteiger partial charge on any atom is -0.484 e. The molecule has 2 heterocycles. The van der Waals surface area contributed by atoms with Crippen molar-refractivity contribution in [2.45, 2.75) is 0 Å². The summed E-state index contributed by atoms with van der Waals surface area (Å²) in [5.74, 6) is 1.15. The molecule has 57 valence electrons. The first-order valence-corrected chi connectivity index (χ1v) is 3.57. The van der Waals surface area contributed by atoms with Gasteiger partial charge >= 0.3 is 0 Å². The summed E-state index contributed by atoms with van der Waals surface area (Å²) in [6.45, 7) is 1.08. The summed E-state index contributed by atoms with van der Waals surface area (Å²) in [6.07, 6.45) is 4.11. The second-order valence-electron chi connectivity index (χ2n) is 2.07. The fourth-order valence-electron chi connectivity index (χ4n) is 0.898. The van der Waals surface area contributed by atoms with Crippen molar-refractivity contribution < 1.29 is 9.47 Å². The van der Waals surface area contributed by atoms with E-state index in [9.17, 15) is 0 Å². The first-order chi connectivity index (χ1) is 5.38. The van der Waals surface area contributed by atoms with Gasteiger partial charge < -0.3 is 9.47 Å². The van der Waals surface area contributed by atoms with Gasteiger partial charge in [0.2, 0.25) is 0 Å². The number of fused-ring (bicyclic) bond motifs is 1. The number of ether oxygens (including phenoxy) is 2. The van der Waals surface area contributed by atoms with Crippen LogP contribution in [0.4, 0.5) is 0 Å². The lowest BCUT2D eigenvalue weighted by Gasteiger charge is -2.17. The molecule has 0 fully saturated rings. The first kappa shape index (κ1) is 6.73. The zero-order chi connectivity index (χ0) is 7.68. The molecule has 0 amide bonds. The van der Waals surface area contributed by atoms with Gasteiger partial charge in [-0.15, -0.1) is 0 Å². The van der Waals surface area contributed by atoms with Gasteiger partial charge in [0.15, 0.2) is 11.5 Å². The van der Waals surface area contributed by atoms with Crippen LogP contribution in [0.1, 0.15) is 0 Å². The summed E-state index contributed by atoms with van der Waals surface area (Å²) < 4.78 is 10.4. The second kappa shape index (κ2) is 2.58. The molecule has 0 bridgehead atoms. The molecule has 0 unspecified atom stereocenters. The van der Waals surface area contributed by atoms with Crippen LogP contribution in [-0.2, 0) is 0 Å². The van der Waals surface area contributed by atoms with E-state index in [4.69, 9.17) is 21.1 Å². The minimum atomic E-state index is 0.377. The molecule has 2 rings (SSSR count). The first-order valence-electron chi connectivity index (χ1n) is 3.20. The third-order valence-electron chi connectivity index (χ3n) is 1.35. The number of halogens is 1. The summed E-state index contributed by atoms with van der Waals surface area (Å²) in [7, 11) is 0. The SMILES string of the molecule is Clc1[c]ncc2c1OCCO2. The summed E-state index contributed by atoms with van der Waals surface area (Å²) in [5, 5.41) is 0.377. The highest BCUT2D eigenvalue weighted by Gasteiger charge is 2.14. The third kappa shape index (κ3) is 1.12. The van der Waals surface area contributed by atoms with Crippen LogP contribution in [0.2, 0.25) is 5.02 Å². The van der Waals surface area contributed by atoms with Gasteiger partial charge in [0.05, 0.1) is 6.20 Å². The number of pyridine rings is 1. The highest BCUT2D eigenvalue weighted by molar-refractivity contribution is 6.32. The molecule has 0 spiro atoms. The second-order valence-corrected chi connectivity index (χ2v) is 2.45. The molecule has 0 N–H and O–H groups in total. The van der Waals surface area contributed by atoms with Gasteiger partial charge in [-0.1, -0.05) is 11.6 Å². The van der Waals surface area contributed by atoms with E-state index in [2.05, 4.69) is 11.2 Å². The lowest BCUT2D eigenvalue weighted by molar-refractivity contribution is 0.171. The van der Waals surface area contributed by atoms with Crippen LogP contribution >= 0.6 is 11.6 Å². The molecule has 0 atom stereocenters. The Labute approximate surface area is 68.9 Å². The fraction of sp³-hybridized carbons (Fsp3) is 0.286. The van der Waals surface area contributed by atoms with Crippen LogP contribution in [-0.4, -0.2) is 18.2 Å². The van der Waals surface area contributed by atoms with Crippen molar-refractivity contribution in [3.63, 3.8) is 0 Å². The molecular weight excluding hydrogens is 166 g/mol. The van der Waals surface area contributed by atoms with Crippen molar-refractivity contribution in [1.82, 2.24) is 4.98 Å². The molecule has 4 heteroatoms. The molecule has 3 nitrogen and oxygen atoms in total. The van der Waals surface area contributed by atoms with Crippen molar-refractivity contribution in [3.8, 4) is 11.5 Å². The van der Waals surface area contributed by atoms with E-state index in [-0.39, 0.29) is 0 Å². The fourth-order valence-corrected chi connectivity index (χ4v) is 1.09. The van der Waals surface area contributed by atoms with E-state index >= 15 is 0 Å². The zero-order valence-electron chi connectivity index (χ0n) is 5.63. The maximum atomic E-state index is 5.72. The lowest BCUT2D eigenvalue weighted by atomic mass is 10.4.